The first kappa shape index (κ1) is 18.0. The Labute approximate surface area is 171 Å². The van der Waals surface area contributed by atoms with Crippen molar-refractivity contribution in [3.8, 4) is 5.75 Å². The first-order chi connectivity index (χ1) is 14.3. The zero-order valence-electron chi connectivity index (χ0n) is 15.5. The molecule has 3 aromatic rings. The molecule has 2 aromatic heterocycles. The molecule has 2 atom stereocenters. The van der Waals surface area contributed by atoms with Crippen molar-refractivity contribution in [2.75, 3.05) is 6.61 Å². The number of hydrogen-bond donors (Lipinski definition) is 0. The Morgan fingerprint density at radius 3 is 3.17 bits per heavy atom. The number of ether oxygens (including phenoxy) is 1. The van der Waals surface area contributed by atoms with E-state index < -0.39 is 6.10 Å². The van der Waals surface area contributed by atoms with E-state index >= 15 is 0 Å². The predicted octanol–water partition coefficient (Wildman–Crippen LogP) is 4.19. The van der Waals surface area contributed by atoms with E-state index in [1.54, 1.807) is 11.3 Å². The number of rotatable bonds is 8. The molecular weight excluding hydrogens is 390 g/mol. The monoisotopic (exact) mass is 409 g/mol. The first-order valence-corrected chi connectivity index (χ1v) is 10.4. The third-order valence-corrected chi connectivity index (χ3v) is 5.56. The molecule has 5 rings (SSSR count). The van der Waals surface area contributed by atoms with Crippen molar-refractivity contribution in [1.82, 2.24) is 15.2 Å². The van der Waals surface area contributed by atoms with Gasteiger partial charge < -0.3 is 14.0 Å². The minimum absolute atomic E-state index is 0.0692. The molecule has 1 aliphatic heterocycles. The van der Waals surface area contributed by atoms with Crippen LogP contribution in [0.25, 0.3) is 10.2 Å². The largest absolute Gasteiger partial charge is 0.474 e. The van der Waals surface area contributed by atoms with Gasteiger partial charge in [0.05, 0.1) is 27.6 Å². The standard InChI is InChI=1S/C20H19N5O3S/c1-2-13(1)10-27-24-9-14-5-6-21-17(7-14)19(20-25-23-11-26-20)28-15-3-4-16-18(8-15)29-12-22-16/h3-4,6-9,11-14,19H,1-2,5,10H2/b24-9+. The Morgan fingerprint density at radius 1 is 1.34 bits per heavy atom. The summed E-state index contributed by atoms with van der Waals surface area (Å²) in [4.78, 5) is 14.2. The Kier molecular flexibility index (Phi) is 5.04. The molecule has 2 aliphatic rings. The number of fused-ring (bicyclic) bond motifs is 1. The van der Waals surface area contributed by atoms with E-state index in [0.717, 1.165) is 16.6 Å². The number of hydrogen-bond acceptors (Lipinski definition) is 9. The highest BCUT2D eigenvalue weighted by Crippen LogP contribution is 2.33. The van der Waals surface area contributed by atoms with Gasteiger partial charge in [0.15, 0.2) is 0 Å². The van der Waals surface area contributed by atoms with Gasteiger partial charge in [-0.3, -0.25) is 4.99 Å². The summed E-state index contributed by atoms with van der Waals surface area (Å²) in [5.41, 5.74) is 3.45. The molecule has 1 aliphatic carbocycles. The molecule has 1 fully saturated rings. The molecule has 9 heteroatoms. The lowest BCUT2D eigenvalue weighted by molar-refractivity contribution is 0.134. The fourth-order valence-electron chi connectivity index (χ4n) is 3.00. The summed E-state index contributed by atoms with van der Waals surface area (Å²) in [6.45, 7) is 0.696. The molecule has 148 valence electrons. The van der Waals surface area contributed by atoms with E-state index in [0.29, 0.717) is 29.9 Å². The molecule has 1 aromatic carbocycles. The molecule has 0 spiro atoms. The van der Waals surface area contributed by atoms with Crippen molar-refractivity contribution in [2.45, 2.75) is 25.4 Å². The normalized spacial score (nSPS) is 20.1. The number of nitrogens with zero attached hydrogens (tertiary/aromatic N) is 5. The molecule has 1 saturated carbocycles. The number of oxime groups is 1. The van der Waals surface area contributed by atoms with Crippen LogP contribution >= 0.6 is 11.3 Å². The Hall–Kier alpha value is -3.07. The van der Waals surface area contributed by atoms with Gasteiger partial charge in [0.2, 0.25) is 12.5 Å². The molecule has 0 radical (unpaired) electrons. The van der Waals surface area contributed by atoms with Crippen LogP contribution in [0.3, 0.4) is 0 Å². The Balaban J connectivity index is 1.36. The second kappa shape index (κ2) is 8.12. The summed E-state index contributed by atoms with van der Waals surface area (Å²) in [6.07, 6.45) is 9.58. The maximum atomic E-state index is 6.21. The summed E-state index contributed by atoms with van der Waals surface area (Å²) in [7, 11) is 0. The molecule has 8 nitrogen and oxygen atoms in total. The summed E-state index contributed by atoms with van der Waals surface area (Å²) in [5, 5.41) is 12.0. The average Bonchev–Trinajstić information content (AvgIpc) is 3.21. The van der Waals surface area contributed by atoms with Gasteiger partial charge in [0.25, 0.3) is 5.89 Å². The van der Waals surface area contributed by atoms with E-state index in [4.69, 9.17) is 14.0 Å². The van der Waals surface area contributed by atoms with Crippen molar-refractivity contribution < 1.29 is 14.0 Å². The lowest BCUT2D eigenvalue weighted by Crippen LogP contribution is -2.15. The van der Waals surface area contributed by atoms with E-state index in [9.17, 15) is 0 Å². The van der Waals surface area contributed by atoms with Gasteiger partial charge in [-0.2, -0.15) is 0 Å². The summed E-state index contributed by atoms with van der Waals surface area (Å²) < 4.78 is 12.7. The molecule has 0 saturated heterocycles. The highest BCUT2D eigenvalue weighted by Gasteiger charge is 2.26. The lowest BCUT2D eigenvalue weighted by atomic mass is 10.0. The molecule has 0 bridgehead atoms. The molecule has 3 heterocycles. The Bertz CT molecular complexity index is 1060. The van der Waals surface area contributed by atoms with Crippen molar-refractivity contribution in [2.24, 2.45) is 22.0 Å². The first-order valence-electron chi connectivity index (χ1n) is 9.51. The van der Waals surface area contributed by atoms with Crippen molar-refractivity contribution >= 4 is 34.0 Å². The fourth-order valence-corrected chi connectivity index (χ4v) is 3.71. The number of aromatic nitrogens is 3. The topological polar surface area (TPSA) is 95.0 Å². The number of thiazole rings is 1. The van der Waals surface area contributed by atoms with Gasteiger partial charge in [-0.25, -0.2) is 4.98 Å². The SMILES string of the molecule is C1=NC(C(Oc2ccc3ncsc3c2)c2nnco2)=CC(/C=N/OCC2CC2)C1. The maximum absolute atomic E-state index is 6.21. The Morgan fingerprint density at radius 2 is 2.31 bits per heavy atom. The van der Waals surface area contributed by atoms with Gasteiger partial charge in [-0.05, 0) is 49.5 Å². The minimum Gasteiger partial charge on any atom is -0.474 e. The van der Waals surface area contributed by atoms with Crippen LogP contribution in [0.5, 0.6) is 5.75 Å². The van der Waals surface area contributed by atoms with E-state index in [-0.39, 0.29) is 5.92 Å². The molecule has 0 N–H and O–H groups in total. The number of benzene rings is 1. The molecular formula is C20H19N5O3S. The molecule has 2 unspecified atom stereocenters. The zero-order chi connectivity index (χ0) is 19.5. The van der Waals surface area contributed by atoms with Gasteiger partial charge in [0, 0.05) is 12.1 Å². The smallest absolute Gasteiger partial charge is 0.263 e. The maximum Gasteiger partial charge on any atom is 0.263 e. The van der Waals surface area contributed by atoms with Crippen molar-refractivity contribution in [1.29, 1.82) is 0 Å². The fraction of sp³-hybridized carbons (Fsp3) is 0.350. The second-order valence-corrected chi connectivity index (χ2v) is 7.94. The second-order valence-electron chi connectivity index (χ2n) is 7.05. The summed E-state index contributed by atoms with van der Waals surface area (Å²) in [5.74, 6) is 1.78. The minimum atomic E-state index is -0.609. The molecule has 29 heavy (non-hydrogen) atoms. The van der Waals surface area contributed by atoms with Gasteiger partial charge >= 0.3 is 0 Å². The summed E-state index contributed by atoms with van der Waals surface area (Å²) in [6, 6.07) is 5.76. The summed E-state index contributed by atoms with van der Waals surface area (Å²) >= 11 is 1.56. The zero-order valence-corrected chi connectivity index (χ0v) is 16.4. The van der Waals surface area contributed by atoms with Crippen LogP contribution in [0.15, 0.2) is 56.4 Å². The van der Waals surface area contributed by atoms with Crippen LogP contribution in [0, 0.1) is 11.8 Å². The quantitative estimate of drug-likeness (QED) is 0.409. The van der Waals surface area contributed by atoms with E-state index in [2.05, 4.69) is 25.3 Å². The third-order valence-electron chi connectivity index (χ3n) is 4.76. The van der Waals surface area contributed by atoms with Crippen molar-refractivity contribution in [3.63, 3.8) is 0 Å². The van der Waals surface area contributed by atoms with Crippen LogP contribution in [-0.4, -0.2) is 34.2 Å². The highest BCUT2D eigenvalue weighted by atomic mass is 32.1. The van der Waals surface area contributed by atoms with Crippen LogP contribution in [0.4, 0.5) is 0 Å². The van der Waals surface area contributed by atoms with E-state index in [1.807, 2.05) is 42.2 Å². The van der Waals surface area contributed by atoms with E-state index in [1.165, 1.54) is 19.2 Å². The average molecular weight is 409 g/mol. The third kappa shape index (κ3) is 4.34. The van der Waals surface area contributed by atoms with Crippen LogP contribution in [0.1, 0.15) is 31.3 Å². The van der Waals surface area contributed by atoms with Gasteiger partial charge in [-0.15, -0.1) is 21.5 Å². The van der Waals surface area contributed by atoms with Gasteiger partial charge in [0.1, 0.15) is 12.4 Å². The van der Waals surface area contributed by atoms with Crippen LogP contribution in [0.2, 0.25) is 0 Å². The molecule has 0 amide bonds. The lowest BCUT2D eigenvalue weighted by Gasteiger charge is -2.20. The predicted molar refractivity (Wildman–Crippen MR) is 109 cm³/mol. The number of allylic oxidation sites excluding steroid dienone is 1. The number of aliphatic imine (C=N–C) groups is 1. The van der Waals surface area contributed by atoms with Gasteiger partial charge in [-0.1, -0.05) is 5.16 Å². The highest BCUT2D eigenvalue weighted by molar-refractivity contribution is 7.16. The van der Waals surface area contributed by atoms with Crippen LogP contribution in [-0.2, 0) is 4.84 Å². The van der Waals surface area contributed by atoms with Crippen molar-refractivity contribution in [3.05, 3.63) is 47.8 Å². The van der Waals surface area contributed by atoms with Crippen LogP contribution < -0.4 is 4.74 Å².